The molecule has 1 heterocycles. The number of fused-ring (bicyclic) bond motifs is 1. The fraction of sp³-hybridized carbons (Fsp3) is 0.471. The molecule has 19 heavy (non-hydrogen) atoms. The zero-order valence-corrected chi connectivity index (χ0v) is 12.5. The van der Waals surface area contributed by atoms with E-state index in [1.165, 1.54) is 41.3 Å². The van der Waals surface area contributed by atoms with Crippen molar-refractivity contribution in [3.05, 3.63) is 35.2 Å². The highest BCUT2D eigenvalue weighted by Crippen LogP contribution is 2.26. The van der Waals surface area contributed by atoms with Gasteiger partial charge >= 0.3 is 0 Å². The number of carbonyl (C=O) groups excluding carboxylic acids is 1. The molecule has 0 spiro atoms. The minimum Gasteiger partial charge on any atom is -0.299 e. The molecule has 0 amide bonds. The normalized spacial score (nSPS) is 11.0. The number of ketones is 1. The van der Waals surface area contributed by atoms with Crippen LogP contribution in [0, 0.1) is 0 Å². The van der Waals surface area contributed by atoms with Crippen molar-refractivity contribution in [3.8, 4) is 0 Å². The molecule has 0 aliphatic rings. The fourth-order valence-corrected chi connectivity index (χ4v) is 3.36. The molecule has 0 N–H and O–H groups in total. The summed E-state index contributed by atoms with van der Waals surface area (Å²) >= 11 is 1.74. The third-order valence-electron chi connectivity index (χ3n) is 3.51. The Morgan fingerprint density at radius 2 is 1.89 bits per heavy atom. The molecule has 2 heteroatoms. The van der Waals surface area contributed by atoms with Gasteiger partial charge in [0, 0.05) is 17.5 Å². The Hall–Kier alpha value is -1.15. The van der Waals surface area contributed by atoms with Crippen LogP contribution in [0.25, 0.3) is 10.1 Å². The van der Waals surface area contributed by atoms with Gasteiger partial charge in [-0.3, -0.25) is 4.79 Å². The average Bonchev–Trinajstić information content (AvgIpc) is 2.82. The molecule has 102 valence electrons. The van der Waals surface area contributed by atoms with Crippen LogP contribution in [0.15, 0.2) is 29.6 Å². The molecule has 0 aliphatic carbocycles. The molecule has 1 nitrogen and oxygen atoms in total. The monoisotopic (exact) mass is 274 g/mol. The van der Waals surface area contributed by atoms with E-state index in [-0.39, 0.29) is 0 Å². The van der Waals surface area contributed by atoms with Gasteiger partial charge in [0.15, 0.2) is 0 Å². The van der Waals surface area contributed by atoms with Crippen LogP contribution in [0.1, 0.15) is 51.0 Å². The third kappa shape index (κ3) is 4.17. The summed E-state index contributed by atoms with van der Waals surface area (Å²) in [7, 11) is 0. The predicted octanol–water partition coefficient (Wildman–Crippen LogP) is 5.37. The molecule has 0 atom stereocenters. The maximum atomic E-state index is 12.0. The molecule has 0 unspecified atom stereocenters. The minimum absolute atomic E-state index is 0.389. The Labute approximate surface area is 119 Å². The molecular formula is C17H22OS. The summed E-state index contributed by atoms with van der Waals surface area (Å²) in [5.41, 5.74) is 1.21. The van der Waals surface area contributed by atoms with E-state index in [9.17, 15) is 4.79 Å². The van der Waals surface area contributed by atoms with Crippen LogP contribution in [-0.4, -0.2) is 5.78 Å². The first kappa shape index (κ1) is 14.3. The zero-order valence-electron chi connectivity index (χ0n) is 11.7. The molecule has 0 aliphatic heterocycles. The lowest BCUT2D eigenvalue weighted by Gasteiger charge is -2.01. The highest BCUT2D eigenvalue weighted by atomic mass is 32.1. The molecule has 2 aromatic rings. The first-order valence-electron chi connectivity index (χ1n) is 7.28. The predicted molar refractivity (Wildman–Crippen MR) is 83.9 cm³/mol. The van der Waals surface area contributed by atoms with Crippen LogP contribution >= 0.6 is 11.3 Å². The zero-order chi connectivity index (χ0) is 13.5. The van der Waals surface area contributed by atoms with Crippen LogP contribution in [-0.2, 0) is 11.2 Å². The van der Waals surface area contributed by atoms with Crippen LogP contribution in [0.5, 0.6) is 0 Å². The highest BCUT2D eigenvalue weighted by Gasteiger charge is 2.08. The van der Waals surface area contributed by atoms with E-state index in [2.05, 4.69) is 30.5 Å². The smallest absolute Gasteiger partial charge is 0.137 e. The lowest BCUT2D eigenvalue weighted by Crippen LogP contribution is -2.01. The van der Waals surface area contributed by atoms with Crippen molar-refractivity contribution >= 4 is 27.2 Å². The molecule has 0 saturated heterocycles. The van der Waals surface area contributed by atoms with Gasteiger partial charge in [-0.05, 0) is 28.8 Å². The first-order chi connectivity index (χ1) is 9.31. The van der Waals surface area contributed by atoms with Crippen LogP contribution < -0.4 is 0 Å². The molecule has 0 radical (unpaired) electrons. The largest absolute Gasteiger partial charge is 0.299 e. The third-order valence-corrected chi connectivity index (χ3v) is 4.52. The minimum atomic E-state index is 0.389. The SMILES string of the molecule is CCCCCCCC(=O)Cc1csc2ccccc12. The summed E-state index contributed by atoms with van der Waals surface area (Å²) in [4.78, 5) is 12.0. The number of hydrogen-bond acceptors (Lipinski definition) is 2. The van der Waals surface area contributed by atoms with E-state index in [0.29, 0.717) is 12.2 Å². The lowest BCUT2D eigenvalue weighted by atomic mass is 10.0. The van der Waals surface area contributed by atoms with Crippen molar-refractivity contribution in [3.63, 3.8) is 0 Å². The number of rotatable bonds is 8. The Bertz CT molecular complexity index is 527. The topological polar surface area (TPSA) is 17.1 Å². The highest BCUT2D eigenvalue weighted by molar-refractivity contribution is 7.17. The second-order valence-electron chi connectivity index (χ2n) is 5.14. The van der Waals surface area contributed by atoms with Crippen molar-refractivity contribution in [1.82, 2.24) is 0 Å². The summed E-state index contributed by atoms with van der Waals surface area (Å²) in [6.07, 6.45) is 7.43. The first-order valence-corrected chi connectivity index (χ1v) is 8.16. The molecule has 0 bridgehead atoms. The molecular weight excluding hydrogens is 252 g/mol. The van der Waals surface area contributed by atoms with Gasteiger partial charge in [-0.1, -0.05) is 50.8 Å². The van der Waals surface area contributed by atoms with Crippen LogP contribution in [0.3, 0.4) is 0 Å². The summed E-state index contributed by atoms with van der Waals surface area (Å²) in [5.74, 6) is 0.389. The van der Waals surface area contributed by atoms with Gasteiger partial charge < -0.3 is 0 Å². The Morgan fingerprint density at radius 3 is 2.74 bits per heavy atom. The summed E-state index contributed by atoms with van der Waals surface area (Å²) in [6, 6.07) is 8.35. The fourth-order valence-electron chi connectivity index (χ4n) is 2.40. The number of thiophene rings is 1. The lowest BCUT2D eigenvalue weighted by molar-refractivity contribution is -0.118. The average molecular weight is 274 g/mol. The van der Waals surface area contributed by atoms with E-state index < -0.39 is 0 Å². The van der Waals surface area contributed by atoms with Gasteiger partial charge in [0.1, 0.15) is 5.78 Å². The Kier molecular flexibility index (Phi) is 5.59. The number of benzene rings is 1. The Morgan fingerprint density at radius 1 is 1.11 bits per heavy atom. The van der Waals surface area contributed by atoms with Gasteiger partial charge in [-0.2, -0.15) is 0 Å². The van der Waals surface area contributed by atoms with Crippen molar-refractivity contribution in [2.24, 2.45) is 0 Å². The second kappa shape index (κ2) is 7.44. The Balaban J connectivity index is 1.82. The molecule has 0 saturated carbocycles. The number of carbonyl (C=O) groups is 1. The summed E-state index contributed by atoms with van der Waals surface area (Å²) in [5, 5.41) is 3.39. The number of hydrogen-bond donors (Lipinski definition) is 0. The molecule has 1 aromatic carbocycles. The van der Waals surface area contributed by atoms with E-state index >= 15 is 0 Å². The van der Waals surface area contributed by atoms with E-state index in [0.717, 1.165) is 12.8 Å². The van der Waals surface area contributed by atoms with Gasteiger partial charge in [-0.25, -0.2) is 0 Å². The van der Waals surface area contributed by atoms with Crippen molar-refractivity contribution in [2.75, 3.05) is 0 Å². The number of Topliss-reactive ketones (excluding diaryl/α,β-unsaturated/α-hetero) is 1. The number of unbranched alkanes of at least 4 members (excludes halogenated alkanes) is 4. The van der Waals surface area contributed by atoms with Gasteiger partial charge in [0.25, 0.3) is 0 Å². The maximum Gasteiger partial charge on any atom is 0.137 e. The van der Waals surface area contributed by atoms with Crippen molar-refractivity contribution < 1.29 is 4.79 Å². The van der Waals surface area contributed by atoms with Gasteiger partial charge in [0.2, 0.25) is 0 Å². The quantitative estimate of drug-likeness (QED) is 0.591. The molecule has 2 rings (SSSR count). The van der Waals surface area contributed by atoms with Gasteiger partial charge in [0.05, 0.1) is 0 Å². The van der Waals surface area contributed by atoms with Gasteiger partial charge in [-0.15, -0.1) is 11.3 Å². The van der Waals surface area contributed by atoms with Crippen LogP contribution in [0.2, 0.25) is 0 Å². The maximum absolute atomic E-state index is 12.0. The van der Waals surface area contributed by atoms with Crippen molar-refractivity contribution in [2.45, 2.75) is 51.9 Å². The van der Waals surface area contributed by atoms with Crippen LogP contribution in [0.4, 0.5) is 0 Å². The van der Waals surface area contributed by atoms with E-state index in [1.54, 1.807) is 11.3 Å². The molecule has 0 fully saturated rings. The van der Waals surface area contributed by atoms with E-state index in [4.69, 9.17) is 0 Å². The standard InChI is InChI=1S/C17H22OS/c1-2-3-4-5-6-9-15(18)12-14-13-19-17-11-8-7-10-16(14)17/h7-8,10-11,13H,2-6,9,12H2,1H3. The van der Waals surface area contributed by atoms with Crippen molar-refractivity contribution in [1.29, 1.82) is 0 Å². The summed E-state index contributed by atoms with van der Waals surface area (Å²) in [6.45, 7) is 2.22. The van der Waals surface area contributed by atoms with E-state index in [1.807, 2.05) is 6.07 Å². The summed E-state index contributed by atoms with van der Waals surface area (Å²) < 4.78 is 1.29. The molecule has 1 aromatic heterocycles. The second-order valence-corrected chi connectivity index (χ2v) is 6.05.